The Bertz CT molecular complexity index is 631. The van der Waals surface area contributed by atoms with Gasteiger partial charge in [0, 0.05) is 17.5 Å². The van der Waals surface area contributed by atoms with Crippen LogP contribution in [0, 0.1) is 0 Å². The predicted octanol–water partition coefficient (Wildman–Crippen LogP) is 2.46. The summed E-state index contributed by atoms with van der Waals surface area (Å²) in [5.41, 5.74) is 10.2. The van der Waals surface area contributed by atoms with Gasteiger partial charge in [-0.2, -0.15) is 0 Å². The second kappa shape index (κ2) is 4.14. The van der Waals surface area contributed by atoms with E-state index in [9.17, 15) is 4.79 Å². The molecule has 1 amide bonds. The van der Waals surface area contributed by atoms with Crippen molar-refractivity contribution in [3.8, 4) is 11.1 Å². The highest BCUT2D eigenvalue weighted by Crippen LogP contribution is 2.43. The van der Waals surface area contributed by atoms with Crippen molar-refractivity contribution >= 4 is 22.2 Å². The molecule has 0 atom stereocenters. The Labute approximate surface area is 110 Å². The number of aryl methyl sites for hydroxylation is 2. The Morgan fingerprint density at radius 1 is 1.33 bits per heavy atom. The van der Waals surface area contributed by atoms with Gasteiger partial charge in [-0.25, -0.2) is 0 Å². The summed E-state index contributed by atoms with van der Waals surface area (Å²) in [7, 11) is 1.64. The molecular weight excluding hydrogens is 244 g/mol. The Morgan fingerprint density at radius 3 is 2.89 bits per heavy atom. The van der Waals surface area contributed by atoms with Crippen molar-refractivity contribution in [1.82, 2.24) is 5.32 Å². The molecule has 0 radical (unpaired) electrons. The molecule has 3 N–H and O–H groups in total. The van der Waals surface area contributed by atoms with Crippen LogP contribution in [-0.2, 0) is 12.8 Å². The Morgan fingerprint density at radius 2 is 2.11 bits per heavy atom. The molecule has 1 aliphatic carbocycles. The van der Waals surface area contributed by atoms with Crippen molar-refractivity contribution in [3.63, 3.8) is 0 Å². The van der Waals surface area contributed by atoms with Gasteiger partial charge in [0.15, 0.2) is 0 Å². The topological polar surface area (TPSA) is 55.1 Å². The lowest BCUT2D eigenvalue weighted by Crippen LogP contribution is -2.19. The van der Waals surface area contributed by atoms with Crippen LogP contribution in [0.5, 0.6) is 0 Å². The smallest absolute Gasteiger partial charge is 0.254 e. The maximum atomic E-state index is 12.0. The van der Waals surface area contributed by atoms with Crippen LogP contribution in [0.25, 0.3) is 11.1 Å². The van der Waals surface area contributed by atoms with Crippen LogP contribution >= 0.6 is 11.3 Å². The standard InChI is InChI=1S/C14H14N2OS/c1-16-14(17)12-11-9-5-3-2-4-8(9)6-7-10(11)18-13(12)15/h2-5H,6-7,15H2,1H3,(H,16,17). The van der Waals surface area contributed by atoms with E-state index in [-0.39, 0.29) is 5.91 Å². The van der Waals surface area contributed by atoms with Crippen LogP contribution in [0.4, 0.5) is 5.00 Å². The van der Waals surface area contributed by atoms with E-state index >= 15 is 0 Å². The molecule has 92 valence electrons. The molecule has 0 bridgehead atoms. The quantitative estimate of drug-likeness (QED) is 0.825. The van der Waals surface area contributed by atoms with Gasteiger partial charge in [-0.15, -0.1) is 11.3 Å². The molecule has 0 fully saturated rings. The van der Waals surface area contributed by atoms with Crippen LogP contribution in [-0.4, -0.2) is 13.0 Å². The molecule has 3 rings (SSSR count). The molecule has 0 unspecified atom stereocenters. The van der Waals surface area contributed by atoms with Crippen molar-refractivity contribution in [2.45, 2.75) is 12.8 Å². The number of amides is 1. The maximum Gasteiger partial charge on any atom is 0.254 e. The molecule has 2 aromatic rings. The van der Waals surface area contributed by atoms with Gasteiger partial charge >= 0.3 is 0 Å². The summed E-state index contributed by atoms with van der Waals surface area (Å²) in [5, 5.41) is 3.30. The molecule has 18 heavy (non-hydrogen) atoms. The van der Waals surface area contributed by atoms with Crippen molar-refractivity contribution in [2.24, 2.45) is 0 Å². The molecule has 0 saturated carbocycles. The zero-order valence-corrected chi connectivity index (χ0v) is 10.9. The number of hydrogen-bond donors (Lipinski definition) is 2. The highest BCUT2D eigenvalue weighted by atomic mass is 32.1. The molecule has 4 heteroatoms. The van der Waals surface area contributed by atoms with E-state index < -0.39 is 0 Å². The van der Waals surface area contributed by atoms with Gasteiger partial charge in [0.2, 0.25) is 0 Å². The van der Waals surface area contributed by atoms with Crippen LogP contribution in [0.3, 0.4) is 0 Å². The number of carbonyl (C=O) groups is 1. The van der Waals surface area contributed by atoms with E-state index in [1.165, 1.54) is 10.4 Å². The lowest BCUT2D eigenvalue weighted by molar-refractivity contribution is 0.0965. The number of benzene rings is 1. The monoisotopic (exact) mass is 258 g/mol. The summed E-state index contributed by atoms with van der Waals surface area (Å²) in [6, 6.07) is 8.25. The van der Waals surface area contributed by atoms with Crippen molar-refractivity contribution in [3.05, 3.63) is 40.3 Å². The van der Waals surface area contributed by atoms with E-state index in [1.807, 2.05) is 12.1 Å². The van der Waals surface area contributed by atoms with Crippen LogP contribution in [0.15, 0.2) is 24.3 Å². The predicted molar refractivity (Wildman–Crippen MR) is 75.0 cm³/mol. The van der Waals surface area contributed by atoms with E-state index in [0.29, 0.717) is 10.6 Å². The van der Waals surface area contributed by atoms with Crippen LogP contribution in [0.2, 0.25) is 0 Å². The molecule has 1 aliphatic rings. The Balaban J connectivity index is 2.28. The van der Waals surface area contributed by atoms with E-state index in [4.69, 9.17) is 5.73 Å². The normalized spacial score (nSPS) is 12.7. The molecule has 0 spiro atoms. The SMILES string of the molecule is CNC(=O)c1c(N)sc2c1-c1ccccc1CC2. The highest BCUT2D eigenvalue weighted by Gasteiger charge is 2.26. The highest BCUT2D eigenvalue weighted by molar-refractivity contribution is 7.17. The number of anilines is 1. The van der Waals surface area contributed by atoms with Gasteiger partial charge in [0.05, 0.1) is 10.6 Å². The summed E-state index contributed by atoms with van der Waals surface area (Å²) < 4.78 is 0. The largest absolute Gasteiger partial charge is 0.390 e. The van der Waals surface area contributed by atoms with Gasteiger partial charge in [-0.05, 0) is 24.0 Å². The number of nitrogen functional groups attached to an aromatic ring is 1. The van der Waals surface area contributed by atoms with Gasteiger partial charge in [0.25, 0.3) is 5.91 Å². The van der Waals surface area contributed by atoms with Gasteiger partial charge in [-0.1, -0.05) is 24.3 Å². The zero-order valence-electron chi connectivity index (χ0n) is 10.1. The number of carbonyl (C=O) groups excluding carboxylic acids is 1. The number of thiophene rings is 1. The molecule has 1 aromatic carbocycles. The van der Waals surface area contributed by atoms with Crippen LogP contribution < -0.4 is 11.1 Å². The van der Waals surface area contributed by atoms with Gasteiger partial charge in [-0.3, -0.25) is 4.79 Å². The average Bonchev–Trinajstić information content (AvgIpc) is 2.74. The summed E-state index contributed by atoms with van der Waals surface area (Å²) in [4.78, 5) is 13.2. The fourth-order valence-electron chi connectivity index (χ4n) is 2.54. The lowest BCUT2D eigenvalue weighted by Gasteiger charge is -2.17. The van der Waals surface area contributed by atoms with E-state index in [2.05, 4.69) is 17.4 Å². The van der Waals surface area contributed by atoms with Gasteiger partial charge < -0.3 is 11.1 Å². The number of nitrogens with two attached hydrogens (primary N) is 1. The van der Waals surface area contributed by atoms with Crippen molar-refractivity contribution in [1.29, 1.82) is 0 Å². The molecule has 0 saturated heterocycles. The minimum Gasteiger partial charge on any atom is -0.390 e. The van der Waals surface area contributed by atoms with Crippen LogP contribution in [0.1, 0.15) is 20.8 Å². The first-order chi connectivity index (χ1) is 8.72. The molecule has 3 nitrogen and oxygen atoms in total. The maximum absolute atomic E-state index is 12.0. The summed E-state index contributed by atoms with van der Waals surface area (Å²) in [6.45, 7) is 0. The second-order valence-corrected chi connectivity index (χ2v) is 5.51. The first-order valence-corrected chi connectivity index (χ1v) is 6.75. The number of nitrogens with one attached hydrogen (secondary N) is 1. The Hall–Kier alpha value is -1.81. The van der Waals surface area contributed by atoms with Crippen molar-refractivity contribution < 1.29 is 4.79 Å². The first kappa shape index (κ1) is 11.3. The summed E-state index contributed by atoms with van der Waals surface area (Å²) >= 11 is 1.54. The molecular formula is C14H14N2OS. The number of rotatable bonds is 1. The summed E-state index contributed by atoms with van der Waals surface area (Å²) in [5.74, 6) is -0.0956. The molecule has 0 aliphatic heterocycles. The summed E-state index contributed by atoms with van der Waals surface area (Å²) in [6.07, 6.45) is 1.99. The zero-order chi connectivity index (χ0) is 12.7. The minimum atomic E-state index is -0.0956. The molecule has 1 heterocycles. The molecule has 1 aromatic heterocycles. The third-order valence-electron chi connectivity index (χ3n) is 3.37. The van der Waals surface area contributed by atoms with E-state index in [1.54, 1.807) is 18.4 Å². The van der Waals surface area contributed by atoms with Gasteiger partial charge in [0.1, 0.15) is 0 Å². The minimum absolute atomic E-state index is 0.0956. The van der Waals surface area contributed by atoms with E-state index in [0.717, 1.165) is 24.0 Å². The number of fused-ring (bicyclic) bond motifs is 3. The lowest BCUT2D eigenvalue weighted by atomic mass is 9.88. The fourth-order valence-corrected chi connectivity index (χ4v) is 3.62. The third kappa shape index (κ3) is 1.53. The average molecular weight is 258 g/mol. The Kier molecular flexibility index (Phi) is 2.59. The first-order valence-electron chi connectivity index (χ1n) is 5.94. The number of hydrogen-bond acceptors (Lipinski definition) is 3. The second-order valence-electron chi connectivity index (χ2n) is 4.38. The third-order valence-corrected chi connectivity index (χ3v) is 4.45. The fraction of sp³-hybridized carbons (Fsp3) is 0.214. The van der Waals surface area contributed by atoms with Crippen molar-refractivity contribution in [2.75, 3.05) is 12.8 Å².